The zero-order valence-corrected chi connectivity index (χ0v) is 12.3. The van der Waals surface area contributed by atoms with Crippen LogP contribution in [0, 0.1) is 5.82 Å². The van der Waals surface area contributed by atoms with Crippen LogP contribution in [0.5, 0.6) is 0 Å². The van der Waals surface area contributed by atoms with Crippen LogP contribution in [0.3, 0.4) is 0 Å². The minimum absolute atomic E-state index is 0.177. The zero-order valence-electron chi connectivity index (χ0n) is 9.87. The predicted octanol–water partition coefficient (Wildman–Crippen LogP) is 3.79. The molecule has 1 N–H and O–H groups in total. The molecule has 0 aliphatic heterocycles. The van der Waals surface area contributed by atoms with Gasteiger partial charge in [0.1, 0.15) is 5.82 Å². The van der Waals surface area contributed by atoms with Crippen LogP contribution in [0.1, 0.15) is 27.3 Å². The Hall–Kier alpha value is -1.27. The summed E-state index contributed by atoms with van der Waals surface area (Å²) in [6.45, 7) is 0. The molecule has 98 valence electrons. The highest BCUT2D eigenvalue weighted by Gasteiger charge is 2.19. The minimum atomic E-state index is -0.450. The van der Waals surface area contributed by atoms with E-state index in [4.69, 9.17) is 0 Å². The molecule has 0 saturated carbocycles. The second-order valence-corrected chi connectivity index (χ2v) is 6.17. The highest BCUT2D eigenvalue weighted by atomic mass is 79.9. The number of halogens is 2. The first kappa shape index (κ1) is 12.7. The van der Waals surface area contributed by atoms with Gasteiger partial charge < -0.3 is 0 Å². The van der Waals surface area contributed by atoms with E-state index in [2.05, 4.69) is 26.2 Å². The minimum Gasteiger partial charge on any atom is -0.298 e. The molecule has 3 nitrogen and oxygen atoms in total. The maximum atomic E-state index is 13.4. The van der Waals surface area contributed by atoms with Gasteiger partial charge in [0.25, 0.3) is 5.91 Å². The smallest absolute Gasteiger partial charge is 0.258 e. The number of anilines is 1. The van der Waals surface area contributed by atoms with Crippen LogP contribution in [-0.4, -0.2) is 10.9 Å². The van der Waals surface area contributed by atoms with Gasteiger partial charge in [-0.15, -0.1) is 11.3 Å². The lowest BCUT2D eigenvalue weighted by atomic mass is 10.2. The molecule has 0 fully saturated rings. The standard InChI is InChI=1S/C13H10BrFN2OS/c14-11-7(3-1-4-8(11)15)12(18)17-13-16-9-5-2-6-10(9)19-13/h1,3-4H,2,5-6H2,(H,16,17,18). The number of carbonyl (C=O) groups is 1. The Morgan fingerprint density at radius 3 is 3.05 bits per heavy atom. The van der Waals surface area contributed by atoms with Crippen molar-refractivity contribution in [2.75, 3.05) is 5.32 Å². The van der Waals surface area contributed by atoms with Gasteiger partial charge in [-0.1, -0.05) is 6.07 Å². The molecule has 0 spiro atoms. The molecule has 1 aromatic heterocycles. The first-order valence-corrected chi connectivity index (χ1v) is 7.50. The maximum absolute atomic E-state index is 13.4. The van der Waals surface area contributed by atoms with Crippen LogP contribution in [-0.2, 0) is 12.8 Å². The molecular formula is C13H10BrFN2OS. The number of aryl methyl sites for hydroxylation is 2. The van der Waals surface area contributed by atoms with Crippen molar-refractivity contribution < 1.29 is 9.18 Å². The number of hydrogen-bond acceptors (Lipinski definition) is 3. The lowest BCUT2D eigenvalue weighted by molar-refractivity contribution is 0.102. The second-order valence-electron chi connectivity index (χ2n) is 4.30. The van der Waals surface area contributed by atoms with Crippen molar-refractivity contribution in [3.05, 3.63) is 44.6 Å². The molecule has 0 unspecified atom stereocenters. The van der Waals surface area contributed by atoms with Gasteiger partial charge in [0.05, 0.1) is 15.7 Å². The summed E-state index contributed by atoms with van der Waals surface area (Å²) < 4.78 is 13.5. The summed E-state index contributed by atoms with van der Waals surface area (Å²) in [5.74, 6) is -0.798. The summed E-state index contributed by atoms with van der Waals surface area (Å²) in [6, 6.07) is 4.39. The van der Waals surface area contributed by atoms with Crippen LogP contribution in [0.4, 0.5) is 9.52 Å². The van der Waals surface area contributed by atoms with Crippen molar-refractivity contribution in [2.45, 2.75) is 19.3 Å². The molecule has 0 atom stereocenters. The van der Waals surface area contributed by atoms with Crippen molar-refractivity contribution in [3.8, 4) is 0 Å². The van der Waals surface area contributed by atoms with Crippen molar-refractivity contribution >= 4 is 38.3 Å². The van der Waals surface area contributed by atoms with Gasteiger partial charge in [0, 0.05) is 4.88 Å². The first-order valence-electron chi connectivity index (χ1n) is 5.89. The number of hydrogen-bond donors (Lipinski definition) is 1. The van der Waals surface area contributed by atoms with Crippen LogP contribution < -0.4 is 5.32 Å². The molecule has 2 aromatic rings. The van der Waals surface area contributed by atoms with Gasteiger partial charge in [0.15, 0.2) is 5.13 Å². The molecule has 1 aliphatic carbocycles. The van der Waals surface area contributed by atoms with Gasteiger partial charge in [-0.05, 0) is 47.3 Å². The fourth-order valence-corrected chi connectivity index (χ4v) is 3.58. The van der Waals surface area contributed by atoms with Crippen molar-refractivity contribution in [1.82, 2.24) is 4.98 Å². The monoisotopic (exact) mass is 340 g/mol. The molecular weight excluding hydrogens is 331 g/mol. The number of benzene rings is 1. The van der Waals surface area contributed by atoms with Gasteiger partial charge in [-0.3, -0.25) is 10.1 Å². The van der Waals surface area contributed by atoms with Gasteiger partial charge in [-0.2, -0.15) is 0 Å². The molecule has 0 saturated heterocycles. The molecule has 3 rings (SSSR count). The highest BCUT2D eigenvalue weighted by Crippen LogP contribution is 2.31. The normalized spacial score (nSPS) is 13.4. The third-order valence-electron chi connectivity index (χ3n) is 3.01. The molecule has 1 amide bonds. The Balaban J connectivity index is 1.82. The van der Waals surface area contributed by atoms with Crippen molar-refractivity contribution in [1.29, 1.82) is 0 Å². The summed E-state index contributed by atoms with van der Waals surface area (Å²) in [6.07, 6.45) is 3.15. The van der Waals surface area contributed by atoms with E-state index in [0.29, 0.717) is 5.13 Å². The van der Waals surface area contributed by atoms with Crippen molar-refractivity contribution in [3.63, 3.8) is 0 Å². The topological polar surface area (TPSA) is 42.0 Å². The number of rotatable bonds is 2. The number of carbonyl (C=O) groups excluding carboxylic acids is 1. The number of aromatic nitrogens is 1. The number of nitrogens with zero attached hydrogens (tertiary/aromatic N) is 1. The number of thiazole rings is 1. The zero-order chi connectivity index (χ0) is 13.4. The summed E-state index contributed by atoms with van der Waals surface area (Å²) >= 11 is 4.59. The van der Waals surface area contributed by atoms with E-state index in [1.165, 1.54) is 28.3 Å². The molecule has 0 radical (unpaired) electrons. The van der Waals surface area contributed by atoms with Gasteiger partial charge >= 0.3 is 0 Å². The molecule has 19 heavy (non-hydrogen) atoms. The predicted molar refractivity (Wildman–Crippen MR) is 76.2 cm³/mol. The quantitative estimate of drug-likeness (QED) is 0.903. The van der Waals surface area contributed by atoms with E-state index >= 15 is 0 Å². The molecule has 1 heterocycles. The fourth-order valence-electron chi connectivity index (χ4n) is 2.09. The third kappa shape index (κ3) is 2.42. The SMILES string of the molecule is O=C(Nc1nc2c(s1)CCC2)c1cccc(F)c1Br. The van der Waals surface area contributed by atoms with E-state index < -0.39 is 5.82 Å². The van der Waals surface area contributed by atoms with Gasteiger partial charge in [-0.25, -0.2) is 9.37 Å². The third-order valence-corrected chi connectivity index (χ3v) is 4.89. The second kappa shape index (κ2) is 5.02. The largest absolute Gasteiger partial charge is 0.298 e. The van der Waals surface area contributed by atoms with E-state index in [0.717, 1.165) is 25.0 Å². The number of nitrogens with one attached hydrogen (secondary N) is 1. The molecule has 1 aliphatic rings. The number of fused-ring (bicyclic) bond motifs is 1. The maximum Gasteiger partial charge on any atom is 0.258 e. The van der Waals surface area contributed by atoms with Crippen LogP contribution >= 0.6 is 27.3 Å². The highest BCUT2D eigenvalue weighted by molar-refractivity contribution is 9.10. The molecule has 0 bridgehead atoms. The Kier molecular flexibility index (Phi) is 3.36. The lowest BCUT2D eigenvalue weighted by Crippen LogP contribution is -2.13. The summed E-state index contributed by atoms with van der Waals surface area (Å²) in [7, 11) is 0. The van der Waals surface area contributed by atoms with E-state index in [9.17, 15) is 9.18 Å². The summed E-state index contributed by atoms with van der Waals surface area (Å²) in [5, 5.41) is 3.32. The number of amides is 1. The summed E-state index contributed by atoms with van der Waals surface area (Å²) in [4.78, 5) is 17.7. The van der Waals surface area contributed by atoms with Crippen LogP contribution in [0.25, 0.3) is 0 Å². The Morgan fingerprint density at radius 1 is 1.42 bits per heavy atom. The Labute approximate surface area is 122 Å². The average Bonchev–Trinajstić information content (AvgIpc) is 2.93. The van der Waals surface area contributed by atoms with Gasteiger partial charge in [0.2, 0.25) is 0 Å². The lowest BCUT2D eigenvalue weighted by Gasteiger charge is -2.04. The van der Waals surface area contributed by atoms with E-state index in [-0.39, 0.29) is 15.9 Å². The van der Waals surface area contributed by atoms with E-state index in [1.807, 2.05) is 0 Å². The molecule has 1 aromatic carbocycles. The van der Waals surface area contributed by atoms with E-state index in [1.54, 1.807) is 6.07 Å². The first-order chi connectivity index (χ1) is 9.15. The van der Waals surface area contributed by atoms with Crippen molar-refractivity contribution in [2.24, 2.45) is 0 Å². The summed E-state index contributed by atoms with van der Waals surface area (Å²) in [5.41, 5.74) is 1.36. The average molecular weight is 341 g/mol. The fraction of sp³-hybridized carbons (Fsp3) is 0.231. The van der Waals surface area contributed by atoms with Crippen LogP contribution in [0.15, 0.2) is 22.7 Å². The Morgan fingerprint density at radius 2 is 2.26 bits per heavy atom. The van der Waals surface area contributed by atoms with Crippen LogP contribution in [0.2, 0.25) is 0 Å². The molecule has 6 heteroatoms. The Bertz CT molecular complexity index is 635.